The highest BCUT2D eigenvalue weighted by Crippen LogP contribution is 2.33. The van der Waals surface area contributed by atoms with Crippen LogP contribution in [0.25, 0.3) is 16.5 Å². The molecule has 11 heteroatoms. The van der Waals surface area contributed by atoms with Gasteiger partial charge in [0, 0.05) is 34.1 Å². The first-order chi connectivity index (χ1) is 22.5. The van der Waals surface area contributed by atoms with E-state index >= 15 is 0 Å². The molecule has 0 saturated carbocycles. The first kappa shape index (κ1) is 31.2. The molecule has 6 rings (SSSR count). The molecule has 0 unspecified atom stereocenters. The summed E-state index contributed by atoms with van der Waals surface area (Å²) < 4.78 is 7.98. The summed E-state index contributed by atoms with van der Waals surface area (Å²) in [6.45, 7) is 12.3. The number of amides is 2. The van der Waals surface area contributed by atoms with Crippen LogP contribution in [0.3, 0.4) is 0 Å². The lowest BCUT2D eigenvalue weighted by Crippen LogP contribution is -2.21. The molecule has 0 fully saturated rings. The van der Waals surface area contributed by atoms with E-state index in [1.54, 1.807) is 23.3 Å². The fourth-order valence-electron chi connectivity index (χ4n) is 4.92. The van der Waals surface area contributed by atoms with E-state index in [2.05, 4.69) is 56.7 Å². The fourth-order valence-corrected chi connectivity index (χ4v) is 4.92. The Balaban J connectivity index is 1.18. The molecule has 0 saturated heterocycles. The Bertz CT molecular complexity index is 2060. The van der Waals surface area contributed by atoms with Gasteiger partial charge in [0.25, 0.3) is 0 Å². The maximum atomic E-state index is 13.4. The van der Waals surface area contributed by atoms with Gasteiger partial charge in [-0.05, 0) is 62.7 Å². The molecule has 3 N–H and O–H groups in total. The normalized spacial score (nSPS) is 11.4. The van der Waals surface area contributed by atoms with Gasteiger partial charge in [-0.2, -0.15) is 5.10 Å². The molecule has 0 atom stereocenters. The zero-order valence-electron chi connectivity index (χ0n) is 27.3. The molecule has 0 aliphatic rings. The third-order valence-corrected chi connectivity index (χ3v) is 7.66. The highest BCUT2D eigenvalue weighted by Gasteiger charge is 2.22. The van der Waals surface area contributed by atoms with E-state index in [0.29, 0.717) is 35.5 Å². The largest absolute Gasteiger partial charge is 0.488 e. The number of carbonyl (C=O) groups excluding carboxylic acids is 1. The highest BCUT2D eigenvalue weighted by molar-refractivity contribution is 6.07. The summed E-state index contributed by atoms with van der Waals surface area (Å²) in [5.74, 6) is 2.51. The van der Waals surface area contributed by atoms with E-state index in [0.717, 1.165) is 44.8 Å². The topological polar surface area (TPSA) is 132 Å². The first-order valence-electron chi connectivity index (χ1n) is 15.3. The van der Waals surface area contributed by atoms with Crippen molar-refractivity contribution < 1.29 is 9.53 Å². The van der Waals surface area contributed by atoms with Crippen molar-refractivity contribution in [3.8, 4) is 11.4 Å². The standard InChI is InChI=1S/C36H37N9O2/c1-22-11-12-26(19-38-22)45-34(18-31(44-45)36(4,5)6)43-35(46)41-29-13-14-30(28-10-8-7-9-27(28)29)47-21-25-15-16-37-32(17-25)42-33-20-39-23(2)24(3)40-33/h7-20H,21H2,1-6H3,(H,37,40,42)(H2,41,43,46). The van der Waals surface area contributed by atoms with Crippen LogP contribution in [0.4, 0.5) is 27.9 Å². The number of aromatic nitrogens is 6. The summed E-state index contributed by atoms with van der Waals surface area (Å²) in [5.41, 5.74) is 5.60. The third kappa shape index (κ3) is 7.19. The molecule has 4 heterocycles. The highest BCUT2D eigenvalue weighted by atomic mass is 16.5. The Morgan fingerprint density at radius 3 is 2.38 bits per heavy atom. The average molecular weight is 628 g/mol. The fraction of sp³-hybridized carbons (Fsp3) is 0.222. The number of hydrogen-bond donors (Lipinski definition) is 3. The van der Waals surface area contributed by atoms with Crippen LogP contribution in [0.5, 0.6) is 5.75 Å². The molecular weight excluding hydrogens is 590 g/mol. The van der Waals surface area contributed by atoms with Gasteiger partial charge >= 0.3 is 6.03 Å². The van der Waals surface area contributed by atoms with Gasteiger partial charge in [0.1, 0.15) is 29.8 Å². The number of fused-ring (bicyclic) bond motifs is 1. The number of pyridine rings is 2. The number of nitrogens with one attached hydrogen (secondary N) is 3. The van der Waals surface area contributed by atoms with Crippen LogP contribution in [-0.2, 0) is 12.0 Å². The molecule has 0 spiro atoms. The Morgan fingerprint density at radius 2 is 1.64 bits per heavy atom. The van der Waals surface area contributed by atoms with Crippen LogP contribution in [0.1, 0.15) is 49.1 Å². The van der Waals surface area contributed by atoms with Gasteiger partial charge in [-0.3, -0.25) is 15.3 Å². The number of benzene rings is 2. The van der Waals surface area contributed by atoms with E-state index in [4.69, 9.17) is 9.84 Å². The van der Waals surface area contributed by atoms with Gasteiger partial charge in [-0.15, -0.1) is 0 Å². The van der Waals surface area contributed by atoms with Gasteiger partial charge in [0.05, 0.1) is 40.9 Å². The summed E-state index contributed by atoms with van der Waals surface area (Å²) in [4.78, 5) is 31.1. The molecule has 0 aliphatic carbocycles. The molecule has 2 aromatic carbocycles. The predicted octanol–water partition coefficient (Wildman–Crippen LogP) is 7.79. The summed E-state index contributed by atoms with van der Waals surface area (Å²) in [6, 6.07) is 20.7. The van der Waals surface area contributed by atoms with E-state index < -0.39 is 6.03 Å². The van der Waals surface area contributed by atoms with Crippen molar-refractivity contribution in [2.24, 2.45) is 0 Å². The smallest absolute Gasteiger partial charge is 0.324 e. The lowest BCUT2D eigenvalue weighted by Gasteiger charge is -2.15. The lowest BCUT2D eigenvalue weighted by atomic mass is 9.92. The quantitative estimate of drug-likeness (QED) is 0.156. The predicted molar refractivity (Wildman–Crippen MR) is 185 cm³/mol. The number of nitrogens with zero attached hydrogens (tertiary/aromatic N) is 6. The van der Waals surface area contributed by atoms with Crippen LogP contribution in [0, 0.1) is 20.8 Å². The molecule has 0 radical (unpaired) electrons. The lowest BCUT2D eigenvalue weighted by molar-refractivity contribution is 0.262. The minimum absolute atomic E-state index is 0.217. The van der Waals surface area contributed by atoms with Crippen molar-refractivity contribution in [2.45, 2.75) is 53.6 Å². The third-order valence-electron chi connectivity index (χ3n) is 7.66. The average Bonchev–Trinajstić information content (AvgIpc) is 3.47. The minimum atomic E-state index is -0.393. The van der Waals surface area contributed by atoms with Crippen molar-refractivity contribution in [3.63, 3.8) is 0 Å². The van der Waals surface area contributed by atoms with Crippen molar-refractivity contribution in [3.05, 3.63) is 114 Å². The summed E-state index contributed by atoms with van der Waals surface area (Å²) in [5, 5.41) is 15.7. The zero-order valence-corrected chi connectivity index (χ0v) is 27.3. The summed E-state index contributed by atoms with van der Waals surface area (Å²) >= 11 is 0. The van der Waals surface area contributed by atoms with Crippen molar-refractivity contribution >= 4 is 39.9 Å². The molecular formula is C36H37N9O2. The molecule has 238 valence electrons. The Morgan fingerprint density at radius 1 is 0.830 bits per heavy atom. The molecule has 4 aromatic heterocycles. The van der Waals surface area contributed by atoms with Crippen LogP contribution >= 0.6 is 0 Å². The molecule has 2 amide bonds. The van der Waals surface area contributed by atoms with E-state index in [-0.39, 0.29) is 5.41 Å². The summed E-state index contributed by atoms with van der Waals surface area (Å²) in [6.07, 6.45) is 5.16. The second kappa shape index (κ2) is 12.9. The Hall–Kier alpha value is -5.84. The number of carbonyl (C=O) groups is 1. The van der Waals surface area contributed by atoms with Crippen LogP contribution in [-0.4, -0.2) is 35.7 Å². The minimum Gasteiger partial charge on any atom is -0.488 e. The van der Waals surface area contributed by atoms with Crippen molar-refractivity contribution in [1.29, 1.82) is 0 Å². The van der Waals surface area contributed by atoms with E-state index in [9.17, 15) is 4.79 Å². The molecule has 0 aliphatic heterocycles. The molecule has 47 heavy (non-hydrogen) atoms. The monoisotopic (exact) mass is 627 g/mol. The number of hydrogen-bond acceptors (Lipinski definition) is 8. The van der Waals surface area contributed by atoms with Gasteiger partial charge < -0.3 is 15.4 Å². The van der Waals surface area contributed by atoms with Crippen molar-refractivity contribution in [1.82, 2.24) is 29.7 Å². The van der Waals surface area contributed by atoms with Gasteiger partial charge in [-0.25, -0.2) is 19.4 Å². The first-order valence-corrected chi connectivity index (χ1v) is 15.3. The number of ether oxygens (including phenoxy) is 1. The van der Waals surface area contributed by atoms with Crippen LogP contribution < -0.4 is 20.7 Å². The number of aryl methyl sites for hydroxylation is 3. The van der Waals surface area contributed by atoms with E-state index in [1.807, 2.05) is 87.5 Å². The van der Waals surface area contributed by atoms with Gasteiger partial charge in [0.15, 0.2) is 0 Å². The number of anilines is 4. The summed E-state index contributed by atoms with van der Waals surface area (Å²) in [7, 11) is 0. The maximum absolute atomic E-state index is 13.4. The van der Waals surface area contributed by atoms with Gasteiger partial charge in [0.2, 0.25) is 0 Å². The second-order valence-corrected chi connectivity index (χ2v) is 12.4. The zero-order chi connectivity index (χ0) is 33.1. The molecule has 11 nitrogen and oxygen atoms in total. The van der Waals surface area contributed by atoms with Gasteiger partial charge in [-0.1, -0.05) is 45.0 Å². The molecule has 0 bridgehead atoms. The Labute approximate surface area is 273 Å². The number of rotatable bonds is 8. The van der Waals surface area contributed by atoms with E-state index in [1.165, 1.54) is 0 Å². The van der Waals surface area contributed by atoms with Crippen LogP contribution in [0.2, 0.25) is 0 Å². The SMILES string of the molecule is Cc1ccc(-n2nc(C(C)(C)C)cc2NC(=O)Nc2ccc(OCc3ccnc(Nc4cnc(C)c(C)n4)c3)c3ccccc23)cn1. The van der Waals surface area contributed by atoms with Crippen LogP contribution in [0.15, 0.2) is 85.3 Å². The maximum Gasteiger partial charge on any atom is 0.324 e. The second-order valence-electron chi connectivity index (χ2n) is 12.4. The Kier molecular flexibility index (Phi) is 8.53. The van der Waals surface area contributed by atoms with Crippen molar-refractivity contribution in [2.75, 3.05) is 16.0 Å². The molecule has 6 aromatic rings. The number of urea groups is 1.